The molecule has 3 rings (SSSR count). The molecule has 1 heterocycles. The highest BCUT2D eigenvalue weighted by molar-refractivity contribution is 5.84. The van der Waals surface area contributed by atoms with Gasteiger partial charge in [-0.3, -0.25) is 0 Å². The number of rotatable bonds is 0. The average Bonchev–Trinajstić information content (AvgIpc) is 2.28. The van der Waals surface area contributed by atoms with Gasteiger partial charge in [0.1, 0.15) is 5.58 Å². The largest absolute Gasteiger partial charge is 0.422 e. The van der Waals surface area contributed by atoms with Gasteiger partial charge in [0, 0.05) is 17.0 Å². The maximum Gasteiger partial charge on any atom is 0.336 e. The van der Waals surface area contributed by atoms with E-state index in [0.29, 0.717) is 5.58 Å². The third-order valence-corrected chi connectivity index (χ3v) is 3.51. The first-order valence-corrected chi connectivity index (χ1v) is 5.91. The zero-order valence-corrected chi connectivity index (χ0v) is 9.69. The molecule has 1 atom stereocenters. The molecular weight excluding hydrogens is 216 g/mol. The molecule has 0 saturated heterocycles. The van der Waals surface area contributed by atoms with Crippen LogP contribution in [0.25, 0.3) is 11.0 Å². The SMILES string of the molecule is Cc1cc(=O)oc2c3c(ccc12)CCCC3O. The van der Waals surface area contributed by atoms with Crippen LogP contribution in [0.5, 0.6) is 0 Å². The second-order valence-corrected chi connectivity index (χ2v) is 4.67. The van der Waals surface area contributed by atoms with Crippen molar-refractivity contribution < 1.29 is 9.52 Å². The van der Waals surface area contributed by atoms with Gasteiger partial charge in [0.25, 0.3) is 0 Å². The second kappa shape index (κ2) is 3.70. The third kappa shape index (κ3) is 1.58. The molecule has 17 heavy (non-hydrogen) atoms. The molecule has 0 bridgehead atoms. The van der Waals surface area contributed by atoms with E-state index in [9.17, 15) is 9.90 Å². The molecule has 0 spiro atoms. The van der Waals surface area contributed by atoms with Gasteiger partial charge < -0.3 is 9.52 Å². The molecule has 1 aromatic heterocycles. The normalized spacial score (nSPS) is 19.3. The van der Waals surface area contributed by atoms with Crippen molar-refractivity contribution in [2.24, 2.45) is 0 Å². The van der Waals surface area contributed by atoms with E-state index in [0.717, 1.165) is 41.3 Å². The lowest BCUT2D eigenvalue weighted by atomic mass is 9.87. The molecular formula is C14H14O3. The lowest BCUT2D eigenvalue weighted by Crippen LogP contribution is -2.11. The summed E-state index contributed by atoms with van der Waals surface area (Å²) in [6, 6.07) is 5.50. The molecule has 0 saturated carbocycles. The number of aliphatic hydroxyl groups excluding tert-OH is 1. The summed E-state index contributed by atoms with van der Waals surface area (Å²) in [7, 11) is 0. The van der Waals surface area contributed by atoms with Crippen molar-refractivity contribution in [1.29, 1.82) is 0 Å². The molecule has 88 valence electrons. The van der Waals surface area contributed by atoms with Gasteiger partial charge in [-0.05, 0) is 37.3 Å². The van der Waals surface area contributed by atoms with Gasteiger partial charge in [0.05, 0.1) is 6.10 Å². The molecule has 0 aliphatic heterocycles. The van der Waals surface area contributed by atoms with Crippen LogP contribution in [0, 0.1) is 6.92 Å². The topological polar surface area (TPSA) is 50.4 Å². The van der Waals surface area contributed by atoms with Crippen molar-refractivity contribution in [3.8, 4) is 0 Å². The average molecular weight is 230 g/mol. The van der Waals surface area contributed by atoms with Gasteiger partial charge in [0.2, 0.25) is 0 Å². The standard InChI is InChI=1S/C14H14O3/c1-8-7-12(16)17-14-10(8)6-5-9-3-2-4-11(15)13(9)14/h5-7,11,15H,2-4H2,1H3. The summed E-state index contributed by atoms with van der Waals surface area (Å²) in [5.41, 5.74) is 3.04. The van der Waals surface area contributed by atoms with Gasteiger partial charge in [0.15, 0.2) is 0 Å². The van der Waals surface area contributed by atoms with Gasteiger partial charge in [-0.1, -0.05) is 12.1 Å². The maximum absolute atomic E-state index is 11.4. The number of fused-ring (bicyclic) bond motifs is 3. The molecule has 1 unspecified atom stereocenters. The molecule has 0 fully saturated rings. The fraction of sp³-hybridized carbons (Fsp3) is 0.357. The van der Waals surface area contributed by atoms with Gasteiger partial charge >= 0.3 is 5.63 Å². The first-order chi connectivity index (χ1) is 8.16. The fourth-order valence-corrected chi connectivity index (χ4v) is 2.66. The summed E-state index contributed by atoms with van der Waals surface area (Å²) >= 11 is 0. The van der Waals surface area contributed by atoms with E-state index in [1.165, 1.54) is 6.07 Å². The summed E-state index contributed by atoms with van der Waals surface area (Å²) in [5, 5.41) is 11.0. The number of hydrogen-bond donors (Lipinski definition) is 1. The Bertz CT molecular complexity index is 640. The van der Waals surface area contributed by atoms with Crippen molar-refractivity contribution >= 4 is 11.0 Å². The van der Waals surface area contributed by atoms with Crippen molar-refractivity contribution in [3.05, 3.63) is 45.3 Å². The number of aliphatic hydroxyl groups is 1. The van der Waals surface area contributed by atoms with Crippen LogP contribution in [0.15, 0.2) is 27.4 Å². The maximum atomic E-state index is 11.4. The van der Waals surface area contributed by atoms with Crippen LogP contribution in [0.2, 0.25) is 0 Å². The zero-order chi connectivity index (χ0) is 12.0. The number of benzene rings is 1. The summed E-state index contributed by atoms with van der Waals surface area (Å²) in [4.78, 5) is 11.4. The van der Waals surface area contributed by atoms with Gasteiger partial charge in [-0.25, -0.2) is 4.79 Å². The second-order valence-electron chi connectivity index (χ2n) is 4.67. The van der Waals surface area contributed by atoms with Crippen LogP contribution in [0.4, 0.5) is 0 Å². The minimum Gasteiger partial charge on any atom is -0.422 e. The van der Waals surface area contributed by atoms with Crippen LogP contribution >= 0.6 is 0 Å². The summed E-state index contributed by atoms with van der Waals surface area (Å²) in [6.07, 6.45) is 2.16. The Hall–Kier alpha value is -1.61. The van der Waals surface area contributed by atoms with Crippen LogP contribution < -0.4 is 5.63 Å². The Balaban J connectivity index is 2.44. The van der Waals surface area contributed by atoms with E-state index in [2.05, 4.69) is 0 Å². The highest BCUT2D eigenvalue weighted by Gasteiger charge is 2.22. The molecule has 0 amide bonds. The molecule has 1 aliphatic carbocycles. The number of aryl methyl sites for hydroxylation is 2. The van der Waals surface area contributed by atoms with Crippen molar-refractivity contribution in [1.82, 2.24) is 0 Å². The molecule has 1 N–H and O–H groups in total. The first-order valence-electron chi connectivity index (χ1n) is 5.91. The number of hydrogen-bond acceptors (Lipinski definition) is 3. The predicted molar refractivity (Wildman–Crippen MR) is 65.1 cm³/mol. The summed E-state index contributed by atoms with van der Waals surface area (Å²) < 4.78 is 5.30. The Kier molecular flexibility index (Phi) is 2.30. The highest BCUT2D eigenvalue weighted by Crippen LogP contribution is 2.35. The van der Waals surface area contributed by atoms with Crippen LogP contribution in [-0.4, -0.2) is 5.11 Å². The minimum absolute atomic E-state index is 0.346. The molecule has 3 heteroatoms. The fourth-order valence-electron chi connectivity index (χ4n) is 2.66. The third-order valence-electron chi connectivity index (χ3n) is 3.51. The minimum atomic E-state index is -0.507. The van der Waals surface area contributed by atoms with Crippen LogP contribution in [-0.2, 0) is 6.42 Å². The molecule has 0 radical (unpaired) electrons. The van der Waals surface area contributed by atoms with Crippen LogP contribution in [0.1, 0.15) is 35.6 Å². The highest BCUT2D eigenvalue weighted by atomic mass is 16.4. The smallest absolute Gasteiger partial charge is 0.336 e. The lowest BCUT2D eigenvalue weighted by Gasteiger charge is -2.22. The quantitative estimate of drug-likeness (QED) is 0.707. The van der Waals surface area contributed by atoms with E-state index < -0.39 is 6.10 Å². The molecule has 3 nitrogen and oxygen atoms in total. The Labute approximate surface area is 98.7 Å². The van der Waals surface area contributed by atoms with Gasteiger partial charge in [-0.2, -0.15) is 0 Å². The van der Waals surface area contributed by atoms with Crippen molar-refractivity contribution in [2.75, 3.05) is 0 Å². The van der Waals surface area contributed by atoms with E-state index in [4.69, 9.17) is 4.42 Å². The van der Waals surface area contributed by atoms with E-state index in [-0.39, 0.29) is 5.63 Å². The monoisotopic (exact) mass is 230 g/mol. The molecule has 1 aliphatic rings. The van der Waals surface area contributed by atoms with Gasteiger partial charge in [-0.15, -0.1) is 0 Å². The van der Waals surface area contributed by atoms with E-state index in [1.54, 1.807) is 0 Å². The Morgan fingerprint density at radius 2 is 2.24 bits per heavy atom. The Morgan fingerprint density at radius 1 is 1.41 bits per heavy atom. The lowest BCUT2D eigenvalue weighted by molar-refractivity contribution is 0.157. The molecule has 2 aromatic rings. The van der Waals surface area contributed by atoms with E-state index >= 15 is 0 Å². The van der Waals surface area contributed by atoms with Crippen LogP contribution in [0.3, 0.4) is 0 Å². The van der Waals surface area contributed by atoms with E-state index in [1.807, 2.05) is 19.1 Å². The predicted octanol–water partition coefficient (Wildman–Crippen LogP) is 2.47. The molecule has 1 aromatic carbocycles. The van der Waals surface area contributed by atoms with Crippen molar-refractivity contribution in [2.45, 2.75) is 32.3 Å². The summed E-state index contributed by atoms with van der Waals surface area (Å²) in [5.74, 6) is 0. The Morgan fingerprint density at radius 3 is 3.06 bits per heavy atom. The van der Waals surface area contributed by atoms with Crippen molar-refractivity contribution in [3.63, 3.8) is 0 Å². The zero-order valence-electron chi connectivity index (χ0n) is 9.69. The first kappa shape index (κ1) is 10.5. The summed E-state index contributed by atoms with van der Waals surface area (Å²) in [6.45, 7) is 1.89.